The van der Waals surface area contributed by atoms with Gasteiger partial charge in [-0.2, -0.15) is 0 Å². The summed E-state index contributed by atoms with van der Waals surface area (Å²) in [6, 6.07) is 6.46. The molecule has 136 valence electrons. The fraction of sp³-hybridized carbons (Fsp3) is 0.556. The lowest BCUT2D eigenvalue weighted by atomic mass is 10.0. The zero-order valence-electron chi connectivity index (χ0n) is 14.9. The normalized spacial score (nSPS) is 16.6. The molecule has 25 heavy (non-hydrogen) atoms. The van der Waals surface area contributed by atoms with E-state index in [1.807, 2.05) is 12.1 Å². The van der Waals surface area contributed by atoms with Crippen molar-refractivity contribution in [3.63, 3.8) is 0 Å². The Morgan fingerprint density at radius 2 is 2.04 bits per heavy atom. The predicted octanol–water partition coefficient (Wildman–Crippen LogP) is 2.76. The molecule has 6 nitrogen and oxygen atoms in total. The molecule has 1 aliphatic heterocycles. The molecule has 1 saturated heterocycles. The maximum atomic E-state index is 6.00. The molecule has 7 heteroatoms. The summed E-state index contributed by atoms with van der Waals surface area (Å²) in [4.78, 5) is 13.3. The van der Waals surface area contributed by atoms with Gasteiger partial charge in [0.15, 0.2) is 10.2 Å². The Kier molecular flexibility index (Phi) is 6.86. The summed E-state index contributed by atoms with van der Waals surface area (Å²) >= 11 is 1.45. The van der Waals surface area contributed by atoms with E-state index in [1.54, 1.807) is 19.5 Å². The lowest BCUT2D eigenvalue weighted by Gasteiger charge is -2.36. The highest BCUT2D eigenvalue weighted by Crippen LogP contribution is 2.27. The number of piperidine rings is 1. The molecule has 0 atom stereocenters. The van der Waals surface area contributed by atoms with Crippen LogP contribution in [0.3, 0.4) is 0 Å². The van der Waals surface area contributed by atoms with E-state index in [1.165, 1.54) is 24.6 Å². The zero-order chi connectivity index (χ0) is 17.5. The second-order valence-corrected chi connectivity index (χ2v) is 7.32. The van der Waals surface area contributed by atoms with Gasteiger partial charge in [-0.05, 0) is 62.9 Å². The van der Waals surface area contributed by atoms with Gasteiger partial charge in [0.1, 0.15) is 5.76 Å². The Labute approximate surface area is 153 Å². The van der Waals surface area contributed by atoms with Gasteiger partial charge in [-0.1, -0.05) is 0 Å². The van der Waals surface area contributed by atoms with Gasteiger partial charge in [-0.25, -0.2) is 9.97 Å². The van der Waals surface area contributed by atoms with Crippen LogP contribution < -0.4 is 0 Å². The Balaban J connectivity index is 1.61. The first-order valence-corrected chi connectivity index (χ1v) is 9.51. The van der Waals surface area contributed by atoms with Gasteiger partial charge in [-0.3, -0.25) is 4.90 Å². The van der Waals surface area contributed by atoms with Gasteiger partial charge in [0.05, 0.1) is 13.2 Å². The molecular weight excluding hydrogens is 336 g/mol. The average Bonchev–Trinajstić information content (AvgIpc) is 3.07. The van der Waals surface area contributed by atoms with Crippen LogP contribution in [-0.2, 0) is 11.3 Å². The second kappa shape index (κ2) is 9.33. The summed E-state index contributed by atoms with van der Waals surface area (Å²) in [6.07, 6.45) is 5.87. The van der Waals surface area contributed by atoms with Gasteiger partial charge in [0.2, 0.25) is 0 Å². The molecule has 3 rings (SSSR count). The van der Waals surface area contributed by atoms with Crippen molar-refractivity contribution in [3.8, 4) is 0 Å². The monoisotopic (exact) mass is 362 g/mol. The summed E-state index contributed by atoms with van der Waals surface area (Å²) in [7, 11) is 3.95. The van der Waals surface area contributed by atoms with Crippen molar-refractivity contribution in [2.75, 3.05) is 40.4 Å². The first-order valence-electron chi connectivity index (χ1n) is 8.69. The van der Waals surface area contributed by atoms with Gasteiger partial charge in [-0.15, -0.1) is 0 Å². The van der Waals surface area contributed by atoms with Crippen LogP contribution in [0.4, 0.5) is 0 Å². The average molecular weight is 362 g/mol. The number of hydrogen-bond donors (Lipinski definition) is 0. The molecule has 1 aliphatic rings. The summed E-state index contributed by atoms with van der Waals surface area (Å²) in [5.74, 6) is 0.980. The van der Waals surface area contributed by atoms with E-state index in [0.717, 1.165) is 43.6 Å². The first kappa shape index (κ1) is 18.4. The first-order chi connectivity index (χ1) is 12.2. The van der Waals surface area contributed by atoms with E-state index in [4.69, 9.17) is 9.15 Å². The number of nitrogens with zero attached hydrogens (tertiary/aromatic N) is 4. The molecule has 0 amide bonds. The van der Waals surface area contributed by atoms with Crippen molar-refractivity contribution in [1.29, 1.82) is 0 Å². The molecule has 0 saturated carbocycles. The van der Waals surface area contributed by atoms with Crippen molar-refractivity contribution >= 4 is 11.8 Å². The Morgan fingerprint density at radius 3 is 2.76 bits per heavy atom. The standard InChI is InChI=1S/C18H26N4O2S/c1-21-10-6-15(7-11-21)22(12-13-23-2)14-16-4-5-17(24-16)25-18-19-8-3-9-20-18/h3-5,8-9,15H,6-7,10-14H2,1-2H3. The van der Waals surface area contributed by atoms with Crippen molar-refractivity contribution < 1.29 is 9.15 Å². The molecule has 0 unspecified atom stereocenters. The molecule has 2 aromatic rings. The molecule has 0 aromatic carbocycles. The number of rotatable bonds is 8. The smallest absolute Gasteiger partial charge is 0.195 e. The summed E-state index contributed by atoms with van der Waals surface area (Å²) in [5.41, 5.74) is 0. The Bertz CT molecular complexity index is 629. The maximum Gasteiger partial charge on any atom is 0.195 e. The van der Waals surface area contributed by atoms with Gasteiger partial charge in [0.25, 0.3) is 0 Å². The molecule has 0 N–H and O–H groups in total. The highest BCUT2D eigenvalue weighted by Gasteiger charge is 2.24. The zero-order valence-corrected chi connectivity index (χ0v) is 15.7. The maximum absolute atomic E-state index is 6.00. The summed E-state index contributed by atoms with van der Waals surface area (Å²) in [6.45, 7) is 4.79. The lowest BCUT2D eigenvalue weighted by molar-refractivity contribution is 0.0744. The van der Waals surface area contributed by atoms with Crippen LogP contribution in [0.1, 0.15) is 18.6 Å². The molecule has 2 aromatic heterocycles. The second-order valence-electron chi connectivity index (χ2n) is 6.35. The number of furan rings is 1. The SMILES string of the molecule is COCCN(Cc1ccc(Sc2ncccn2)o1)C1CCN(C)CC1. The third kappa shape index (κ3) is 5.54. The van der Waals surface area contributed by atoms with Crippen LogP contribution >= 0.6 is 11.8 Å². The van der Waals surface area contributed by atoms with Crippen LogP contribution in [0.5, 0.6) is 0 Å². The van der Waals surface area contributed by atoms with Gasteiger partial charge >= 0.3 is 0 Å². The largest absolute Gasteiger partial charge is 0.453 e. The molecule has 0 spiro atoms. The molecule has 1 fully saturated rings. The number of ether oxygens (including phenoxy) is 1. The van der Waals surface area contributed by atoms with Crippen molar-refractivity contribution in [2.24, 2.45) is 0 Å². The minimum Gasteiger partial charge on any atom is -0.453 e. The number of hydrogen-bond acceptors (Lipinski definition) is 7. The van der Waals surface area contributed by atoms with E-state index in [0.29, 0.717) is 11.2 Å². The van der Waals surface area contributed by atoms with Crippen LogP contribution in [-0.4, -0.2) is 66.2 Å². The van der Waals surface area contributed by atoms with Gasteiger partial charge in [0, 0.05) is 32.1 Å². The van der Waals surface area contributed by atoms with Crippen LogP contribution in [0.25, 0.3) is 0 Å². The number of likely N-dealkylation sites (tertiary alicyclic amines) is 1. The fourth-order valence-electron chi connectivity index (χ4n) is 3.09. The highest BCUT2D eigenvalue weighted by atomic mass is 32.2. The van der Waals surface area contributed by atoms with Crippen molar-refractivity contribution in [2.45, 2.75) is 35.7 Å². The lowest BCUT2D eigenvalue weighted by Crippen LogP contribution is -2.44. The minimum atomic E-state index is 0.588. The molecule has 0 bridgehead atoms. The van der Waals surface area contributed by atoms with Crippen LogP contribution in [0.15, 0.2) is 45.3 Å². The van der Waals surface area contributed by atoms with E-state index in [2.05, 4.69) is 32.9 Å². The molecule has 3 heterocycles. The van der Waals surface area contributed by atoms with Crippen molar-refractivity contribution in [1.82, 2.24) is 19.8 Å². The number of methoxy groups -OCH3 is 1. The third-order valence-corrected chi connectivity index (χ3v) is 5.33. The fourth-order valence-corrected chi connectivity index (χ4v) is 3.78. The minimum absolute atomic E-state index is 0.588. The highest BCUT2D eigenvalue weighted by molar-refractivity contribution is 7.99. The quantitative estimate of drug-likeness (QED) is 0.669. The van der Waals surface area contributed by atoms with E-state index in [-0.39, 0.29) is 0 Å². The van der Waals surface area contributed by atoms with Crippen LogP contribution in [0, 0.1) is 0 Å². The number of aromatic nitrogens is 2. The van der Waals surface area contributed by atoms with E-state index in [9.17, 15) is 0 Å². The van der Waals surface area contributed by atoms with E-state index >= 15 is 0 Å². The molecule has 0 radical (unpaired) electrons. The van der Waals surface area contributed by atoms with Gasteiger partial charge < -0.3 is 14.1 Å². The molecule has 0 aliphatic carbocycles. The third-order valence-electron chi connectivity index (χ3n) is 4.52. The van der Waals surface area contributed by atoms with E-state index < -0.39 is 0 Å². The Morgan fingerprint density at radius 1 is 1.28 bits per heavy atom. The van der Waals surface area contributed by atoms with Crippen LogP contribution in [0.2, 0.25) is 0 Å². The summed E-state index contributed by atoms with van der Waals surface area (Å²) < 4.78 is 11.3. The topological polar surface area (TPSA) is 54.6 Å². The predicted molar refractivity (Wildman–Crippen MR) is 97.7 cm³/mol. The van der Waals surface area contributed by atoms with Crippen molar-refractivity contribution in [3.05, 3.63) is 36.4 Å². The summed E-state index contributed by atoms with van der Waals surface area (Å²) in [5, 5.41) is 1.53. The Hall–Kier alpha value is -1.41. The molecular formula is C18H26N4O2S.